The number of fused-ring (bicyclic) bond motifs is 5. The Hall–Kier alpha value is -1.42. The summed E-state index contributed by atoms with van der Waals surface area (Å²) < 4.78 is 5.34. The monoisotopic (exact) mass is 484 g/mol. The van der Waals surface area contributed by atoms with Gasteiger partial charge >= 0.3 is 5.97 Å². The van der Waals surface area contributed by atoms with E-state index in [4.69, 9.17) is 4.74 Å². The van der Waals surface area contributed by atoms with Gasteiger partial charge in [-0.3, -0.25) is 9.59 Å². The van der Waals surface area contributed by atoms with Gasteiger partial charge in [0.15, 0.2) is 0 Å². The van der Waals surface area contributed by atoms with Crippen LogP contribution >= 0.6 is 0 Å². The third-order valence-electron chi connectivity index (χ3n) is 11.9. The number of aliphatic hydroxyl groups excluding tert-OH is 1. The van der Waals surface area contributed by atoms with Crippen molar-refractivity contribution in [2.45, 2.75) is 99.3 Å². The molecule has 0 aromatic heterocycles. The predicted molar refractivity (Wildman–Crippen MR) is 140 cm³/mol. The molecule has 1 N–H and O–H groups in total. The molecule has 3 fully saturated rings. The standard InChI is InChI=1S/C31H48O4/c1-20(19-32)9-8-10-21(27(34)35-7)22-13-17-31(6)24-11-12-25-28(2,3)26(33)15-16-29(25,4)23(24)14-18-30(22,31)5/h9,11,21-23,25,32H,8,10,12-19H2,1-7H3/b20-9-/t21?,22?,23?,25?,29-,30?,31-/m1/s1. The maximum atomic E-state index is 13.1. The van der Waals surface area contributed by atoms with Gasteiger partial charge in [0.1, 0.15) is 5.78 Å². The molecule has 4 aliphatic rings. The molecule has 0 spiro atoms. The summed E-state index contributed by atoms with van der Waals surface area (Å²) >= 11 is 0. The normalized spacial score (nSPS) is 41.4. The summed E-state index contributed by atoms with van der Waals surface area (Å²) in [4.78, 5) is 25.9. The molecule has 0 aromatic rings. The third-order valence-corrected chi connectivity index (χ3v) is 11.9. The first-order valence-corrected chi connectivity index (χ1v) is 13.9. The van der Waals surface area contributed by atoms with Crippen LogP contribution < -0.4 is 0 Å². The van der Waals surface area contributed by atoms with E-state index in [-0.39, 0.29) is 40.2 Å². The van der Waals surface area contributed by atoms with Crippen molar-refractivity contribution < 1.29 is 19.4 Å². The quantitative estimate of drug-likeness (QED) is 0.338. The number of rotatable bonds is 6. The van der Waals surface area contributed by atoms with Crippen LogP contribution in [0.1, 0.15) is 99.3 Å². The minimum absolute atomic E-state index is 0.0626. The summed E-state index contributed by atoms with van der Waals surface area (Å²) in [5.41, 5.74) is 2.68. The van der Waals surface area contributed by atoms with Gasteiger partial charge in [-0.15, -0.1) is 0 Å². The maximum Gasteiger partial charge on any atom is 0.308 e. The van der Waals surface area contributed by atoms with Crippen LogP contribution in [-0.4, -0.2) is 30.6 Å². The van der Waals surface area contributed by atoms with Gasteiger partial charge in [-0.2, -0.15) is 0 Å². The van der Waals surface area contributed by atoms with Gasteiger partial charge in [0.25, 0.3) is 0 Å². The van der Waals surface area contributed by atoms with Crippen molar-refractivity contribution in [3.05, 3.63) is 23.3 Å². The minimum atomic E-state index is -0.245. The van der Waals surface area contributed by atoms with E-state index in [0.29, 0.717) is 30.0 Å². The molecule has 0 amide bonds. The number of aliphatic hydroxyl groups is 1. The van der Waals surface area contributed by atoms with E-state index in [1.807, 2.05) is 6.92 Å². The zero-order valence-corrected chi connectivity index (χ0v) is 23.2. The lowest BCUT2D eigenvalue weighted by atomic mass is 9.41. The average Bonchev–Trinajstić information content (AvgIpc) is 3.10. The fourth-order valence-electron chi connectivity index (χ4n) is 9.41. The Morgan fingerprint density at radius 2 is 1.89 bits per heavy atom. The van der Waals surface area contributed by atoms with Crippen molar-refractivity contribution in [2.24, 2.45) is 45.3 Å². The topological polar surface area (TPSA) is 63.6 Å². The van der Waals surface area contributed by atoms with Gasteiger partial charge in [0.2, 0.25) is 0 Å². The second-order valence-corrected chi connectivity index (χ2v) is 13.5. The van der Waals surface area contributed by atoms with Crippen molar-refractivity contribution in [2.75, 3.05) is 13.7 Å². The molecule has 0 aliphatic heterocycles. The Bertz CT molecular complexity index is 928. The average molecular weight is 485 g/mol. The summed E-state index contributed by atoms with van der Waals surface area (Å²) in [5.74, 6) is 1.52. The van der Waals surface area contributed by atoms with E-state index in [1.54, 1.807) is 5.57 Å². The van der Waals surface area contributed by atoms with E-state index in [2.05, 4.69) is 46.8 Å². The molecule has 4 aliphatic carbocycles. The second-order valence-electron chi connectivity index (χ2n) is 13.5. The SMILES string of the molecule is COC(=O)C(CC/C=C(/C)CO)C1CC[C@]2(C)C3=CCC4C(C)(C)C(=O)CC[C@]4(C)C3CCC12C. The first kappa shape index (κ1) is 26.6. The molecule has 196 valence electrons. The van der Waals surface area contributed by atoms with Crippen molar-refractivity contribution in [3.63, 3.8) is 0 Å². The lowest BCUT2D eigenvalue weighted by Gasteiger charge is -2.63. The van der Waals surface area contributed by atoms with Gasteiger partial charge in [0.05, 0.1) is 19.6 Å². The second kappa shape index (κ2) is 9.15. The van der Waals surface area contributed by atoms with Crippen LogP contribution in [0.2, 0.25) is 0 Å². The third kappa shape index (κ3) is 3.88. The highest BCUT2D eigenvalue weighted by Crippen LogP contribution is 2.73. The van der Waals surface area contributed by atoms with Crippen LogP contribution in [-0.2, 0) is 14.3 Å². The van der Waals surface area contributed by atoms with Crippen LogP contribution in [0.5, 0.6) is 0 Å². The van der Waals surface area contributed by atoms with E-state index in [0.717, 1.165) is 56.9 Å². The van der Waals surface area contributed by atoms with E-state index < -0.39 is 0 Å². The van der Waals surface area contributed by atoms with Crippen molar-refractivity contribution in [1.29, 1.82) is 0 Å². The Morgan fingerprint density at radius 3 is 2.54 bits per heavy atom. The number of Topliss-reactive ketones (excluding diaryl/α,β-unsaturated/α-hetero) is 1. The number of hydrogen-bond donors (Lipinski definition) is 1. The molecule has 0 bridgehead atoms. The summed E-state index contributed by atoms with van der Waals surface area (Å²) in [6, 6.07) is 0. The van der Waals surface area contributed by atoms with Crippen molar-refractivity contribution >= 4 is 11.8 Å². The van der Waals surface area contributed by atoms with E-state index in [9.17, 15) is 14.7 Å². The Balaban J connectivity index is 1.66. The lowest BCUT2D eigenvalue weighted by molar-refractivity contribution is -0.152. The highest BCUT2D eigenvalue weighted by atomic mass is 16.5. The molecule has 0 saturated heterocycles. The summed E-state index contributed by atoms with van der Waals surface area (Å²) in [6.45, 7) is 13.8. The van der Waals surface area contributed by atoms with Gasteiger partial charge in [0, 0.05) is 11.8 Å². The van der Waals surface area contributed by atoms with Crippen LogP contribution in [0.3, 0.4) is 0 Å². The smallest absolute Gasteiger partial charge is 0.308 e. The highest BCUT2D eigenvalue weighted by Gasteiger charge is 2.66. The molecule has 5 unspecified atom stereocenters. The summed E-state index contributed by atoms with van der Waals surface area (Å²) in [5, 5.41) is 9.37. The number of ether oxygens (including phenoxy) is 1. The van der Waals surface area contributed by atoms with E-state index in [1.165, 1.54) is 7.11 Å². The number of methoxy groups -OCH3 is 1. The Morgan fingerprint density at radius 1 is 1.17 bits per heavy atom. The van der Waals surface area contributed by atoms with Crippen LogP contribution in [0.15, 0.2) is 23.3 Å². The number of esters is 1. The molecule has 4 nitrogen and oxygen atoms in total. The summed E-state index contributed by atoms with van der Waals surface area (Å²) in [7, 11) is 1.52. The lowest BCUT2D eigenvalue weighted by Crippen LogP contribution is -2.57. The molecule has 0 radical (unpaired) electrons. The minimum Gasteiger partial charge on any atom is -0.469 e. The molecule has 4 rings (SSSR count). The molecular weight excluding hydrogens is 436 g/mol. The fourth-order valence-corrected chi connectivity index (χ4v) is 9.41. The number of carbonyl (C=O) groups excluding carboxylic acids is 2. The number of allylic oxidation sites excluding steroid dienone is 3. The molecule has 7 atom stereocenters. The zero-order valence-electron chi connectivity index (χ0n) is 23.2. The van der Waals surface area contributed by atoms with Gasteiger partial charge in [-0.25, -0.2) is 0 Å². The Kier molecular flexibility index (Phi) is 6.97. The van der Waals surface area contributed by atoms with Gasteiger partial charge < -0.3 is 9.84 Å². The number of carbonyl (C=O) groups is 2. The summed E-state index contributed by atoms with van der Waals surface area (Å²) in [6.07, 6.45) is 13.4. The fraction of sp³-hybridized carbons (Fsp3) is 0.806. The molecule has 3 saturated carbocycles. The first-order chi connectivity index (χ1) is 16.4. The Labute approximate surface area is 213 Å². The van der Waals surface area contributed by atoms with Crippen LogP contribution in [0.25, 0.3) is 0 Å². The van der Waals surface area contributed by atoms with Crippen molar-refractivity contribution in [3.8, 4) is 0 Å². The largest absolute Gasteiger partial charge is 0.469 e. The van der Waals surface area contributed by atoms with Crippen LogP contribution in [0, 0.1) is 45.3 Å². The van der Waals surface area contributed by atoms with E-state index >= 15 is 0 Å². The van der Waals surface area contributed by atoms with Crippen LogP contribution in [0.4, 0.5) is 0 Å². The first-order valence-electron chi connectivity index (χ1n) is 13.9. The van der Waals surface area contributed by atoms with Gasteiger partial charge in [-0.05, 0) is 92.3 Å². The molecule has 35 heavy (non-hydrogen) atoms. The predicted octanol–water partition coefficient (Wildman–Crippen LogP) is 6.67. The van der Waals surface area contributed by atoms with Crippen molar-refractivity contribution in [1.82, 2.24) is 0 Å². The van der Waals surface area contributed by atoms with Gasteiger partial charge in [-0.1, -0.05) is 57.9 Å². The molecule has 0 aromatic carbocycles. The molecule has 0 heterocycles. The maximum absolute atomic E-state index is 13.1. The number of hydrogen-bond acceptors (Lipinski definition) is 4. The molecule has 4 heteroatoms. The number of ketones is 1. The highest BCUT2D eigenvalue weighted by molar-refractivity contribution is 5.85. The zero-order chi connectivity index (χ0) is 25.8. The molecular formula is C31H48O4.